The number of aromatic amines is 1. The lowest BCUT2D eigenvalue weighted by Crippen LogP contribution is -2.26. The molecule has 7 rings (SSSR count). The van der Waals surface area contributed by atoms with Gasteiger partial charge >= 0.3 is 29.4 Å². The lowest BCUT2D eigenvalue weighted by molar-refractivity contribution is -0.0421. The molecule has 2 aromatic heterocycles. The molecule has 1 saturated heterocycles. The van der Waals surface area contributed by atoms with Crippen molar-refractivity contribution in [3.63, 3.8) is 0 Å². The maximum absolute atomic E-state index is 13.5. The Labute approximate surface area is 372 Å². The van der Waals surface area contributed by atoms with Crippen LogP contribution < -0.4 is 31.4 Å². The van der Waals surface area contributed by atoms with Crippen LogP contribution in [0.4, 0.5) is 11.6 Å². The van der Waals surface area contributed by atoms with Crippen molar-refractivity contribution in [2.24, 2.45) is 0 Å². The summed E-state index contributed by atoms with van der Waals surface area (Å²) >= 11 is 0. The molecular formula is C39H41N7O17P3+. The normalized spacial score (nSPS) is 18.1. The number of carbonyl (C=O) groups excluding carboxylic acids is 1. The van der Waals surface area contributed by atoms with E-state index in [1.54, 1.807) is 6.07 Å². The van der Waals surface area contributed by atoms with Crippen LogP contribution in [0.2, 0.25) is 0 Å². The van der Waals surface area contributed by atoms with Crippen LogP contribution in [0.15, 0.2) is 70.0 Å². The number of nitrogens with two attached hydrogens (primary N) is 1. The molecule has 27 heteroatoms. The van der Waals surface area contributed by atoms with Crippen molar-refractivity contribution in [3.05, 3.63) is 93.2 Å². The van der Waals surface area contributed by atoms with E-state index in [9.17, 15) is 48.1 Å². The summed E-state index contributed by atoms with van der Waals surface area (Å²) in [6, 6.07) is 15.5. The molecule has 2 aromatic carbocycles. The van der Waals surface area contributed by atoms with Crippen molar-refractivity contribution in [2.75, 3.05) is 52.0 Å². The lowest BCUT2D eigenvalue weighted by Gasteiger charge is -2.19. The standard InChI is InChI=1S/C39H40N7O17P3/c1-44(2)22-8-11-25-29(15-22)60-30-16-23(45(3)4)9-12-26(30)34(25)24-10-7-20(14-27(24)38(50)51)36(48)41-13-5-6-21-18-46(35-33(21)37(49)43-39(40)42-35)32-17-28(47)31(61-32)19-59-65(55,56)63-66(57,58)62-64(52,53)54/h7-12,14-16,18,28,31-32,47H,13,17,19H2,1-4H3,(H8-,40,41,42,43,48,49,50,51,52,53,54,55,56,57,58)/p+1/t28-,31+,32+/m0/s1. The third-order valence-electron chi connectivity index (χ3n) is 10.1. The van der Waals surface area contributed by atoms with Crippen molar-refractivity contribution < 1.29 is 75.4 Å². The number of aromatic carboxylic acids is 1. The fourth-order valence-electron chi connectivity index (χ4n) is 7.15. The van der Waals surface area contributed by atoms with Gasteiger partial charge in [-0.05, 0) is 35.9 Å². The van der Waals surface area contributed by atoms with Crippen LogP contribution in [0.1, 0.15) is 38.9 Å². The number of phosphoric ester groups is 1. The first kappa shape index (κ1) is 47.9. The van der Waals surface area contributed by atoms with Crippen molar-refractivity contribution in [3.8, 4) is 34.3 Å². The van der Waals surface area contributed by atoms with Crippen molar-refractivity contribution >= 4 is 69.0 Å². The lowest BCUT2D eigenvalue weighted by atomic mass is 9.89. The molecule has 66 heavy (non-hydrogen) atoms. The highest BCUT2D eigenvalue weighted by Crippen LogP contribution is 2.66. The minimum absolute atomic E-state index is 0.0177. The summed E-state index contributed by atoms with van der Waals surface area (Å²) in [4.78, 5) is 84.6. The zero-order valence-corrected chi connectivity index (χ0v) is 37.7. The Morgan fingerprint density at radius 2 is 1.76 bits per heavy atom. The summed E-state index contributed by atoms with van der Waals surface area (Å²) in [5, 5.41) is 25.2. The molecular weight excluding hydrogens is 931 g/mol. The van der Waals surface area contributed by atoms with E-state index >= 15 is 0 Å². The third kappa shape index (κ3) is 10.5. The predicted octanol–water partition coefficient (Wildman–Crippen LogP) is 2.39. The van der Waals surface area contributed by atoms with Gasteiger partial charge in [-0.25, -0.2) is 23.1 Å². The van der Waals surface area contributed by atoms with E-state index in [0.29, 0.717) is 33.4 Å². The molecule has 24 nitrogen and oxygen atoms in total. The monoisotopic (exact) mass is 972 g/mol. The van der Waals surface area contributed by atoms with Crippen LogP contribution in [-0.2, 0) is 31.6 Å². The topological polar surface area (TPSA) is 352 Å². The molecule has 4 heterocycles. The Morgan fingerprint density at radius 1 is 1.03 bits per heavy atom. The zero-order valence-electron chi connectivity index (χ0n) is 35.0. The Morgan fingerprint density at radius 3 is 2.44 bits per heavy atom. The Bertz CT molecular complexity index is 3250. The minimum Gasteiger partial charge on any atom is -0.478 e. The summed E-state index contributed by atoms with van der Waals surface area (Å²) in [5.41, 5.74) is 7.97. The Kier molecular flexibility index (Phi) is 13.3. The Hall–Kier alpha value is -6.02. The van der Waals surface area contributed by atoms with Crippen molar-refractivity contribution in [1.29, 1.82) is 0 Å². The SMILES string of the molecule is CN(C)c1ccc2c(-c3ccc(C(=O)NCC#Cc4cn([C@H]5C[C@H](O)[C@@H](COP(=O)(O)OP(=O)(O)OP(=O)(O)O)O5)c5nc(N)[nH]c(=O)c45)cc3C(=O)O)c3ccc(=[N+](C)C)cc-3oc2c1. The van der Waals surface area contributed by atoms with Crippen LogP contribution in [-0.4, -0.2) is 110 Å². The number of carboxylic acid groups (broad SMARTS) is 1. The van der Waals surface area contributed by atoms with Gasteiger partial charge in [0.25, 0.3) is 11.5 Å². The zero-order chi connectivity index (χ0) is 48.0. The number of ether oxygens (including phenoxy) is 1. The van der Waals surface area contributed by atoms with Gasteiger partial charge in [0.05, 0.1) is 41.8 Å². The number of benzene rings is 3. The van der Waals surface area contributed by atoms with Gasteiger partial charge in [0.15, 0.2) is 5.65 Å². The molecule has 1 amide bonds. The molecule has 0 spiro atoms. The summed E-state index contributed by atoms with van der Waals surface area (Å²) in [7, 11) is -9.42. The summed E-state index contributed by atoms with van der Waals surface area (Å²) in [6.07, 6.45) is -2.86. The summed E-state index contributed by atoms with van der Waals surface area (Å²) < 4.78 is 62.2. The number of aliphatic hydroxyl groups excluding tert-OH is 1. The highest BCUT2D eigenvalue weighted by atomic mass is 31.3. The Balaban J connectivity index is 1.11. The minimum atomic E-state index is -5.80. The molecule has 10 N–H and O–H groups in total. The van der Waals surface area contributed by atoms with Gasteiger partial charge < -0.3 is 59.5 Å². The second-order valence-corrected chi connectivity index (χ2v) is 19.5. The smallest absolute Gasteiger partial charge is 0.478 e. The molecule has 1 fully saturated rings. The highest BCUT2D eigenvalue weighted by molar-refractivity contribution is 7.66. The molecule has 0 radical (unpaired) electrons. The number of carboxylic acids is 1. The van der Waals surface area contributed by atoms with Gasteiger partial charge in [-0.1, -0.05) is 17.9 Å². The molecule has 3 aliphatic rings. The molecule has 5 atom stereocenters. The first-order valence-electron chi connectivity index (χ1n) is 19.3. The molecule has 348 valence electrons. The fraction of sp³-hybridized carbons (Fsp3) is 0.256. The molecule has 0 saturated carbocycles. The van der Waals surface area contributed by atoms with Gasteiger partial charge in [-0.2, -0.15) is 13.6 Å². The first-order chi connectivity index (χ1) is 30.9. The number of aromatic nitrogens is 3. The van der Waals surface area contributed by atoms with Crippen LogP contribution in [0, 0.1) is 11.8 Å². The van der Waals surface area contributed by atoms with E-state index < -0.39 is 65.9 Å². The average molecular weight is 973 g/mol. The number of hydrogen-bond donors (Lipinski definition) is 9. The highest BCUT2D eigenvalue weighted by Gasteiger charge is 2.43. The van der Waals surface area contributed by atoms with E-state index in [2.05, 4.69) is 40.3 Å². The number of carbonyl (C=O) groups is 2. The first-order valence-corrected chi connectivity index (χ1v) is 23.8. The number of nitrogens with one attached hydrogen (secondary N) is 2. The second kappa shape index (κ2) is 18.3. The largest absolute Gasteiger partial charge is 0.490 e. The molecule has 2 unspecified atom stereocenters. The number of fused-ring (bicyclic) bond motifs is 3. The number of phosphoric acid groups is 3. The van der Waals surface area contributed by atoms with Gasteiger partial charge in [0.1, 0.15) is 37.8 Å². The van der Waals surface area contributed by atoms with Gasteiger partial charge in [0.2, 0.25) is 11.3 Å². The van der Waals surface area contributed by atoms with E-state index in [4.69, 9.17) is 24.7 Å². The van der Waals surface area contributed by atoms with Gasteiger partial charge in [-0.3, -0.25) is 19.1 Å². The molecule has 1 aliphatic carbocycles. The van der Waals surface area contributed by atoms with E-state index in [1.165, 1.54) is 22.9 Å². The predicted molar refractivity (Wildman–Crippen MR) is 235 cm³/mol. The number of anilines is 2. The van der Waals surface area contributed by atoms with Crippen LogP contribution in [0.25, 0.3) is 44.5 Å². The van der Waals surface area contributed by atoms with Crippen LogP contribution in [0.5, 0.6) is 0 Å². The van der Waals surface area contributed by atoms with Crippen molar-refractivity contribution in [2.45, 2.75) is 24.9 Å². The quantitative estimate of drug-likeness (QED) is 0.0347. The number of hydrogen-bond acceptors (Lipinski definition) is 15. The fourth-order valence-corrected chi connectivity index (χ4v) is 10.2. The third-order valence-corrected chi connectivity index (χ3v) is 13.9. The molecule has 4 aromatic rings. The van der Waals surface area contributed by atoms with E-state index in [-0.39, 0.29) is 46.6 Å². The van der Waals surface area contributed by atoms with E-state index in [1.807, 2.05) is 74.1 Å². The van der Waals surface area contributed by atoms with Crippen molar-refractivity contribution in [1.82, 2.24) is 24.4 Å². The number of nitrogens with zero attached hydrogens (tertiary/aromatic N) is 4. The van der Waals surface area contributed by atoms with Gasteiger partial charge in [0, 0.05) is 66.6 Å². The number of rotatable bonds is 13. The number of H-pyrrole nitrogens is 1. The molecule has 0 bridgehead atoms. The molecule has 2 aliphatic heterocycles. The average Bonchev–Trinajstić information content (AvgIpc) is 3.77. The van der Waals surface area contributed by atoms with E-state index in [0.717, 1.165) is 11.0 Å². The van der Waals surface area contributed by atoms with Crippen LogP contribution >= 0.6 is 23.5 Å². The maximum Gasteiger partial charge on any atom is 0.490 e. The van der Waals surface area contributed by atoms with Gasteiger partial charge in [-0.15, -0.1) is 0 Å². The second-order valence-electron chi connectivity index (χ2n) is 15.1. The number of nitrogen functional groups attached to an aromatic ring is 1. The number of amides is 1. The maximum atomic E-state index is 13.5. The summed E-state index contributed by atoms with van der Waals surface area (Å²) in [6.45, 7) is -1.24. The van der Waals surface area contributed by atoms with Crippen LogP contribution in [0.3, 0.4) is 0 Å². The number of aliphatic hydroxyl groups is 1. The summed E-state index contributed by atoms with van der Waals surface area (Å²) in [5.74, 6) is 3.80.